The van der Waals surface area contributed by atoms with Crippen LogP contribution < -0.4 is 0 Å². The highest BCUT2D eigenvalue weighted by molar-refractivity contribution is 5.76. The number of carboxylic acids is 1. The smallest absolute Gasteiger partial charge is 0.381 e. The summed E-state index contributed by atoms with van der Waals surface area (Å²) < 4.78 is 1.29. The first-order valence-corrected chi connectivity index (χ1v) is 5.48. The fourth-order valence-corrected chi connectivity index (χ4v) is 1.88. The van der Waals surface area contributed by atoms with Gasteiger partial charge >= 0.3 is 11.8 Å². The molecule has 0 aliphatic carbocycles. The van der Waals surface area contributed by atoms with E-state index in [4.69, 9.17) is 0 Å². The molecule has 0 aliphatic rings. The molecule has 1 aromatic carbocycles. The molecule has 0 unspecified atom stereocenters. The zero-order valence-corrected chi connectivity index (χ0v) is 10.1. The van der Waals surface area contributed by atoms with Crippen LogP contribution in [-0.4, -0.2) is 25.6 Å². The van der Waals surface area contributed by atoms with Gasteiger partial charge in [-0.1, -0.05) is 30.3 Å². The van der Waals surface area contributed by atoms with Gasteiger partial charge in [0, 0.05) is 6.92 Å². The summed E-state index contributed by atoms with van der Waals surface area (Å²) in [7, 11) is 0. The van der Waals surface area contributed by atoms with E-state index in [1.807, 2.05) is 0 Å². The number of imidazole rings is 1. The molecule has 0 bridgehead atoms. The lowest BCUT2D eigenvalue weighted by molar-refractivity contribution is -0.389. The van der Waals surface area contributed by atoms with Gasteiger partial charge < -0.3 is 15.2 Å². The van der Waals surface area contributed by atoms with Crippen molar-refractivity contribution in [2.24, 2.45) is 0 Å². The van der Waals surface area contributed by atoms with Crippen LogP contribution in [0.15, 0.2) is 36.5 Å². The lowest BCUT2D eigenvalue weighted by atomic mass is 10.1. The average molecular weight is 261 g/mol. The van der Waals surface area contributed by atoms with Gasteiger partial charge in [0.1, 0.15) is 6.20 Å². The van der Waals surface area contributed by atoms with Crippen LogP contribution in [0.2, 0.25) is 0 Å². The Kier molecular flexibility index (Phi) is 3.28. The van der Waals surface area contributed by atoms with Crippen molar-refractivity contribution in [2.45, 2.75) is 13.0 Å². The Labute approximate surface area is 108 Å². The normalized spacial score (nSPS) is 12.1. The third-order valence-electron chi connectivity index (χ3n) is 2.72. The summed E-state index contributed by atoms with van der Waals surface area (Å²) in [5, 5.41) is 20.0. The molecule has 2 rings (SSSR count). The number of carboxylic acid groups (broad SMARTS) is 1. The Hall–Kier alpha value is -2.70. The van der Waals surface area contributed by atoms with Gasteiger partial charge in [-0.05, 0) is 15.5 Å². The van der Waals surface area contributed by atoms with Crippen LogP contribution in [-0.2, 0) is 4.79 Å². The third-order valence-corrected chi connectivity index (χ3v) is 2.72. The molecule has 0 aliphatic heterocycles. The first kappa shape index (κ1) is 12.7. The molecule has 0 radical (unpaired) electrons. The molecule has 2 aromatic rings. The maximum absolute atomic E-state index is 11.4. The number of carbonyl (C=O) groups is 1. The van der Waals surface area contributed by atoms with Crippen LogP contribution >= 0.6 is 0 Å². The number of hydrogen-bond donors (Lipinski definition) is 1. The summed E-state index contributed by atoms with van der Waals surface area (Å²) in [4.78, 5) is 25.2. The van der Waals surface area contributed by atoms with Gasteiger partial charge in [0.2, 0.25) is 5.82 Å². The molecule has 19 heavy (non-hydrogen) atoms. The van der Waals surface area contributed by atoms with Gasteiger partial charge in [0.25, 0.3) is 0 Å². The number of aromatic nitrogens is 2. The Morgan fingerprint density at radius 3 is 2.53 bits per heavy atom. The van der Waals surface area contributed by atoms with Gasteiger partial charge in [-0.3, -0.25) is 4.57 Å². The quantitative estimate of drug-likeness (QED) is 0.668. The maximum atomic E-state index is 11.4. The summed E-state index contributed by atoms with van der Waals surface area (Å²) in [6.07, 6.45) is 1.14. The van der Waals surface area contributed by atoms with Crippen molar-refractivity contribution < 1.29 is 14.8 Å². The lowest BCUT2D eigenvalue weighted by Gasteiger charge is -2.14. The van der Waals surface area contributed by atoms with E-state index in [1.54, 1.807) is 30.3 Å². The van der Waals surface area contributed by atoms with E-state index in [2.05, 4.69) is 4.98 Å². The predicted octanol–water partition coefficient (Wildman–Crippen LogP) is 1.77. The van der Waals surface area contributed by atoms with Crippen LogP contribution in [0, 0.1) is 17.0 Å². The monoisotopic (exact) mass is 261 g/mol. The van der Waals surface area contributed by atoms with E-state index in [-0.39, 0.29) is 11.6 Å². The van der Waals surface area contributed by atoms with Crippen molar-refractivity contribution in [2.75, 3.05) is 0 Å². The zero-order valence-electron chi connectivity index (χ0n) is 10.1. The molecule has 1 atom stereocenters. The SMILES string of the molecule is Cc1nc([N+](=O)[O-])cn1[C@H](C(=O)O)c1ccccc1. The topological polar surface area (TPSA) is 98.3 Å². The molecule has 1 N–H and O–H groups in total. The number of benzene rings is 1. The van der Waals surface area contributed by atoms with E-state index in [9.17, 15) is 20.0 Å². The van der Waals surface area contributed by atoms with Crippen molar-refractivity contribution >= 4 is 11.8 Å². The second-order valence-electron chi connectivity index (χ2n) is 3.96. The molecular formula is C12H11N3O4. The molecular weight excluding hydrogens is 250 g/mol. The highest BCUT2D eigenvalue weighted by Crippen LogP contribution is 2.23. The minimum absolute atomic E-state index is 0.281. The molecule has 0 amide bonds. The molecule has 98 valence electrons. The molecule has 1 heterocycles. The predicted molar refractivity (Wildman–Crippen MR) is 65.8 cm³/mol. The summed E-state index contributed by atoms with van der Waals surface area (Å²) in [6, 6.07) is 7.49. The number of aryl methyl sites for hydroxylation is 1. The number of nitro groups is 1. The van der Waals surface area contributed by atoms with Crippen LogP contribution in [0.25, 0.3) is 0 Å². The van der Waals surface area contributed by atoms with E-state index >= 15 is 0 Å². The Bertz CT molecular complexity index is 621. The Morgan fingerprint density at radius 2 is 2.05 bits per heavy atom. The van der Waals surface area contributed by atoms with Gasteiger partial charge in [-0.15, -0.1) is 0 Å². The van der Waals surface area contributed by atoms with Crippen LogP contribution in [0.5, 0.6) is 0 Å². The zero-order chi connectivity index (χ0) is 14.0. The van der Waals surface area contributed by atoms with Crippen molar-refractivity contribution in [3.8, 4) is 0 Å². The summed E-state index contributed by atoms with van der Waals surface area (Å²) in [5.41, 5.74) is 0.533. The van der Waals surface area contributed by atoms with Gasteiger partial charge in [-0.25, -0.2) is 4.79 Å². The molecule has 0 spiro atoms. The maximum Gasteiger partial charge on any atom is 0.381 e. The number of hydrogen-bond acceptors (Lipinski definition) is 4. The van der Waals surface area contributed by atoms with E-state index < -0.39 is 16.9 Å². The number of aliphatic carboxylic acids is 1. The molecule has 0 saturated carbocycles. The standard InChI is InChI=1S/C12H11N3O4/c1-8-13-10(15(18)19)7-14(8)11(12(16)17)9-5-3-2-4-6-9/h2-7,11H,1H3,(H,16,17)/t11-/m0/s1. The highest BCUT2D eigenvalue weighted by Gasteiger charge is 2.27. The van der Waals surface area contributed by atoms with Crippen LogP contribution in [0.3, 0.4) is 0 Å². The molecule has 1 aromatic heterocycles. The van der Waals surface area contributed by atoms with Crippen molar-refractivity contribution in [1.82, 2.24) is 9.55 Å². The second kappa shape index (κ2) is 4.89. The minimum atomic E-state index is -1.10. The fraction of sp³-hybridized carbons (Fsp3) is 0.167. The average Bonchev–Trinajstić information content (AvgIpc) is 2.73. The van der Waals surface area contributed by atoms with Gasteiger partial charge in [0.05, 0.1) is 0 Å². The van der Waals surface area contributed by atoms with Crippen molar-refractivity contribution in [1.29, 1.82) is 0 Å². The van der Waals surface area contributed by atoms with Crippen molar-refractivity contribution in [3.05, 3.63) is 58.0 Å². The molecule has 0 saturated heterocycles. The van der Waals surface area contributed by atoms with E-state index in [1.165, 1.54) is 11.5 Å². The van der Waals surface area contributed by atoms with Crippen LogP contribution in [0.4, 0.5) is 5.82 Å². The Morgan fingerprint density at radius 1 is 1.42 bits per heavy atom. The first-order chi connectivity index (χ1) is 9.00. The molecule has 0 fully saturated rings. The fourth-order valence-electron chi connectivity index (χ4n) is 1.88. The first-order valence-electron chi connectivity index (χ1n) is 5.48. The lowest BCUT2D eigenvalue weighted by Crippen LogP contribution is -2.20. The van der Waals surface area contributed by atoms with E-state index in [0.29, 0.717) is 5.56 Å². The largest absolute Gasteiger partial charge is 0.479 e. The minimum Gasteiger partial charge on any atom is -0.479 e. The Balaban J connectivity index is 2.52. The van der Waals surface area contributed by atoms with Gasteiger partial charge in [0.15, 0.2) is 6.04 Å². The van der Waals surface area contributed by atoms with Crippen LogP contribution in [0.1, 0.15) is 17.4 Å². The van der Waals surface area contributed by atoms with E-state index in [0.717, 1.165) is 6.20 Å². The number of rotatable bonds is 4. The van der Waals surface area contributed by atoms with Crippen molar-refractivity contribution in [3.63, 3.8) is 0 Å². The molecule has 7 nitrogen and oxygen atoms in total. The number of nitrogens with zero attached hydrogens (tertiary/aromatic N) is 3. The highest BCUT2D eigenvalue weighted by atomic mass is 16.6. The summed E-state index contributed by atoms with van der Waals surface area (Å²) in [5.74, 6) is -1.18. The third kappa shape index (κ3) is 2.44. The second-order valence-corrected chi connectivity index (χ2v) is 3.96. The van der Waals surface area contributed by atoms with Gasteiger partial charge in [-0.2, -0.15) is 0 Å². The summed E-state index contributed by atoms with van der Waals surface area (Å²) >= 11 is 0. The summed E-state index contributed by atoms with van der Waals surface area (Å²) in [6.45, 7) is 1.53. The molecule has 7 heteroatoms.